The summed E-state index contributed by atoms with van der Waals surface area (Å²) in [5.74, 6) is 0.462. The molecule has 4 rings (SSSR count). The minimum Gasteiger partial charge on any atom is -0.375 e. The van der Waals surface area contributed by atoms with Crippen LogP contribution < -0.4 is 5.32 Å². The van der Waals surface area contributed by atoms with Crippen molar-refractivity contribution in [3.63, 3.8) is 0 Å². The molecule has 0 aliphatic carbocycles. The number of carbonyl (C=O) groups excluding carboxylic acids is 1. The number of fused-ring (bicyclic) bond motifs is 1. The predicted octanol–water partition coefficient (Wildman–Crippen LogP) is 6.46. The second-order valence-electron chi connectivity index (χ2n) is 8.23. The summed E-state index contributed by atoms with van der Waals surface area (Å²) in [6.45, 7) is 6.79. The van der Waals surface area contributed by atoms with E-state index in [0.29, 0.717) is 46.8 Å². The van der Waals surface area contributed by atoms with E-state index in [4.69, 9.17) is 26.3 Å². The van der Waals surface area contributed by atoms with Gasteiger partial charge in [-0.25, -0.2) is 9.97 Å². The molecule has 0 amide bonds. The lowest BCUT2D eigenvalue weighted by molar-refractivity contribution is 0.0950. The minimum absolute atomic E-state index is 0.0328. The van der Waals surface area contributed by atoms with Crippen molar-refractivity contribution in [1.82, 2.24) is 15.0 Å². The number of anilines is 2. The Hall–Kier alpha value is -3.35. The summed E-state index contributed by atoms with van der Waals surface area (Å²) in [7, 11) is 0. The van der Waals surface area contributed by atoms with Crippen LogP contribution in [0.5, 0.6) is 0 Å². The molecule has 3 aromatic heterocycles. The lowest BCUT2D eigenvalue weighted by Crippen LogP contribution is -2.05. The largest absolute Gasteiger partial charge is 0.375 e. The van der Waals surface area contributed by atoms with Gasteiger partial charge >= 0.3 is 0 Å². The van der Waals surface area contributed by atoms with Crippen LogP contribution in [0, 0.1) is 5.92 Å². The van der Waals surface area contributed by atoms with Crippen LogP contribution in [-0.4, -0.2) is 27.3 Å². The Kier molecular flexibility index (Phi) is 6.96. The quantitative estimate of drug-likeness (QED) is 0.304. The number of Topliss-reactive ketones (excluding diaryl/α,β-unsaturated/α-hetero) is 1. The average molecular weight is 461 g/mol. The molecule has 6 nitrogen and oxygen atoms in total. The number of ether oxygens (including phenoxy) is 1. The zero-order valence-electron chi connectivity index (χ0n) is 18.8. The molecule has 0 saturated carbocycles. The molecule has 7 heteroatoms. The van der Waals surface area contributed by atoms with Crippen molar-refractivity contribution in [3.05, 3.63) is 77.1 Å². The van der Waals surface area contributed by atoms with E-state index in [1.165, 1.54) is 0 Å². The van der Waals surface area contributed by atoms with Gasteiger partial charge in [0.15, 0.2) is 11.4 Å². The van der Waals surface area contributed by atoms with Gasteiger partial charge in [0.05, 0.1) is 28.7 Å². The van der Waals surface area contributed by atoms with Gasteiger partial charge in [0.2, 0.25) is 0 Å². The number of pyridine rings is 3. The third-order valence-corrected chi connectivity index (χ3v) is 5.30. The van der Waals surface area contributed by atoms with Gasteiger partial charge in [0.1, 0.15) is 5.69 Å². The summed E-state index contributed by atoms with van der Waals surface area (Å²) in [6.07, 6.45) is 1.69. The minimum atomic E-state index is 0.0328. The molecule has 4 aromatic rings. The molecule has 0 bridgehead atoms. The molecule has 0 radical (unpaired) electrons. The Morgan fingerprint density at radius 2 is 1.88 bits per heavy atom. The fraction of sp³-hybridized carbons (Fsp3) is 0.231. The molecule has 0 aliphatic rings. The fourth-order valence-corrected chi connectivity index (χ4v) is 3.60. The topological polar surface area (TPSA) is 77.0 Å². The van der Waals surface area contributed by atoms with E-state index in [0.717, 1.165) is 22.5 Å². The van der Waals surface area contributed by atoms with Crippen molar-refractivity contribution in [3.8, 4) is 11.4 Å². The van der Waals surface area contributed by atoms with Crippen LogP contribution in [0.25, 0.3) is 22.4 Å². The van der Waals surface area contributed by atoms with Crippen LogP contribution in [0.2, 0.25) is 5.02 Å². The van der Waals surface area contributed by atoms with Crippen LogP contribution in [0.4, 0.5) is 11.4 Å². The number of benzene rings is 1. The molecule has 33 heavy (non-hydrogen) atoms. The highest BCUT2D eigenvalue weighted by atomic mass is 35.5. The van der Waals surface area contributed by atoms with E-state index in [2.05, 4.69) is 24.1 Å². The summed E-state index contributed by atoms with van der Waals surface area (Å²) in [5, 5.41) is 4.82. The van der Waals surface area contributed by atoms with Crippen molar-refractivity contribution >= 4 is 39.8 Å². The van der Waals surface area contributed by atoms with Gasteiger partial charge in [0.25, 0.3) is 0 Å². The highest BCUT2D eigenvalue weighted by molar-refractivity contribution is 6.32. The summed E-state index contributed by atoms with van der Waals surface area (Å²) < 4.78 is 5.82. The monoisotopic (exact) mass is 460 g/mol. The molecule has 0 aliphatic heterocycles. The van der Waals surface area contributed by atoms with Crippen LogP contribution in [-0.2, 0) is 11.3 Å². The van der Waals surface area contributed by atoms with Gasteiger partial charge < -0.3 is 10.1 Å². The van der Waals surface area contributed by atoms with E-state index < -0.39 is 0 Å². The molecular weight excluding hydrogens is 436 g/mol. The van der Waals surface area contributed by atoms with Crippen LogP contribution in [0.3, 0.4) is 0 Å². The van der Waals surface area contributed by atoms with Crippen molar-refractivity contribution in [2.45, 2.75) is 27.4 Å². The third-order valence-electron chi connectivity index (χ3n) is 5.00. The first-order valence-corrected chi connectivity index (χ1v) is 11.2. The fourth-order valence-electron chi connectivity index (χ4n) is 3.38. The van der Waals surface area contributed by atoms with Crippen LogP contribution in [0.1, 0.15) is 36.8 Å². The van der Waals surface area contributed by atoms with Crippen molar-refractivity contribution in [1.29, 1.82) is 0 Å². The molecule has 0 fully saturated rings. The Bertz CT molecular complexity index is 1290. The zero-order chi connectivity index (χ0) is 23.4. The number of carbonyl (C=O) groups is 1. The maximum atomic E-state index is 11.6. The summed E-state index contributed by atoms with van der Waals surface area (Å²) >= 11 is 6.33. The molecule has 0 spiro atoms. The first-order valence-electron chi connectivity index (χ1n) is 10.8. The average Bonchev–Trinajstić information content (AvgIpc) is 2.79. The third kappa shape index (κ3) is 5.53. The maximum absolute atomic E-state index is 11.6. The Morgan fingerprint density at radius 1 is 1.09 bits per heavy atom. The second kappa shape index (κ2) is 10.1. The number of hydrogen-bond acceptors (Lipinski definition) is 6. The van der Waals surface area contributed by atoms with Crippen molar-refractivity contribution in [2.24, 2.45) is 5.92 Å². The van der Waals surface area contributed by atoms with Crippen LogP contribution >= 0.6 is 11.6 Å². The number of nitrogens with zero attached hydrogens (tertiary/aromatic N) is 3. The van der Waals surface area contributed by atoms with Gasteiger partial charge in [-0.1, -0.05) is 25.4 Å². The smallest absolute Gasteiger partial charge is 0.162 e. The van der Waals surface area contributed by atoms with Crippen molar-refractivity contribution < 1.29 is 9.53 Å². The number of nitrogens with one attached hydrogen (secondary N) is 1. The summed E-state index contributed by atoms with van der Waals surface area (Å²) in [5.41, 5.74) is 4.98. The zero-order valence-corrected chi connectivity index (χ0v) is 19.6. The molecule has 0 saturated heterocycles. The van der Waals surface area contributed by atoms with E-state index >= 15 is 0 Å². The molecule has 1 N–H and O–H groups in total. The number of hydrogen-bond donors (Lipinski definition) is 1. The normalized spacial score (nSPS) is 11.2. The molecule has 0 atom stereocenters. The molecular formula is C26H25ClN4O2. The maximum Gasteiger partial charge on any atom is 0.162 e. The number of aromatic nitrogens is 3. The molecule has 3 heterocycles. The predicted molar refractivity (Wildman–Crippen MR) is 132 cm³/mol. The lowest BCUT2D eigenvalue weighted by atomic mass is 10.1. The Labute approximate surface area is 198 Å². The first-order chi connectivity index (χ1) is 15.9. The highest BCUT2D eigenvalue weighted by Crippen LogP contribution is 2.30. The SMILES string of the molecule is CC(=O)c1ccc(Nc2cc(COCC(C)C)nc3nc(-c4ncccc4Cl)ccc23)cc1. The number of rotatable bonds is 8. The molecule has 0 unspecified atom stereocenters. The summed E-state index contributed by atoms with van der Waals surface area (Å²) in [4.78, 5) is 25.4. The van der Waals surface area contributed by atoms with Crippen LogP contribution in [0.15, 0.2) is 60.8 Å². The molecule has 168 valence electrons. The summed E-state index contributed by atoms with van der Waals surface area (Å²) in [6, 6.07) is 16.8. The first kappa shape index (κ1) is 22.8. The standard InChI is InChI=1S/C26H25ClN4O2/c1-16(2)14-33-15-20-13-24(29-19-8-6-18(7-9-19)17(3)32)21-10-11-23(31-26(21)30-20)25-22(27)5-4-12-28-25/h4-13,16H,14-15H2,1-3H3,(H,29,30,31). The highest BCUT2D eigenvalue weighted by Gasteiger charge is 2.12. The van der Waals surface area contributed by atoms with E-state index in [1.807, 2.05) is 30.3 Å². The van der Waals surface area contributed by atoms with Gasteiger partial charge in [-0.15, -0.1) is 0 Å². The Morgan fingerprint density at radius 3 is 2.58 bits per heavy atom. The van der Waals surface area contributed by atoms with E-state index in [-0.39, 0.29) is 5.78 Å². The lowest BCUT2D eigenvalue weighted by Gasteiger charge is -2.14. The van der Waals surface area contributed by atoms with Gasteiger partial charge in [-0.2, -0.15) is 0 Å². The van der Waals surface area contributed by atoms with Gasteiger partial charge in [-0.05, 0) is 67.4 Å². The second-order valence-corrected chi connectivity index (χ2v) is 8.64. The molecule has 1 aromatic carbocycles. The number of ketones is 1. The van der Waals surface area contributed by atoms with Crippen molar-refractivity contribution in [2.75, 3.05) is 11.9 Å². The number of halogens is 1. The van der Waals surface area contributed by atoms with Gasteiger partial charge in [-0.3, -0.25) is 9.78 Å². The Balaban J connectivity index is 1.74. The van der Waals surface area contributed by atoms with E-state index in [1.54, 1.807) is 37.4 Å². The van der Waals surface area contributed by atoms with Gasteiger partial charge in [0, 0.05) is 29.4 Å². The van der Waals surface area contributed by atoms with E-state index in [9.17, 15) is 4.79 Å².